The van der Waals surface area contributed by atoms with E-state index in [1.54, 1.807) is 0 Å². The number of amides is 1. The zero-order valence-electron chi connectivity index (χ0n) is 16.4. The molecule has 2 heterocycles. The van der Waals surface area contributed by atoms with Gasteiger partial charge in [-0.2, -0.15) is 0 Å². The lowest BCUT2D eigenvalue weighted by molar-refractivity contribution is 0.0680. The van der Waals surface area contributed by atoms with E-state index in [9.17, 15) is 4.79 Å². The molecule has 1 amide bonds. The number of nitrogens with zero attached hydrogens (tertiary/aromatic N) is 2. The summed E-state index contributed by atoms with van der Waals surface area (Å²) < 4.78 is 5.82. The Balaban J connectivity index is 0.00000182. The van der Waals surface area contributed by atoms with Crippen molar-refractivity contribution in [3.05, 3.63) is 29.8 Å². The molecule has 2 saturated heterocycles. The van der Waals surface area contributed by atoms with E-state index < -0.39 is 0 Å². The van der Waals surface area contributed by atoms with Crippen molar-refractivity contribution in [2.45, 2.75) is 45.2 Å². The number of hydrogen-bond acceptors (Lipinski definition) is 4. The number of halogens is 2. The molecule has 1 aromatic carbocycles. The van der Waals surface area contributed by atoms with Gasteiger partial charge in [0.1, 0.15) is 12.4 Å². The van der Waals surface area contributed by atoms with Crippen molar-refractivity contribution >= 4 is 30.7 Å². The number of rotatable bonds is 7. The van der Waals surface area contributed by atoms with Crippen molar-refractivity contribution in [3.63, 3.8) is 0 Å². The molecule has 2 aliphatic heterocycles. The summed E-state index contributed by atoms with van der Waals surface area (Å²) in [6, 6.07) is 8.42. The van der Waals surface area contributed by atoms with Crippen LogP contribution in [-0.2, 0) is 0 Å². The van der Waals surface area contributed by atoms with Gasteiger partial charge in [0.05, 0.1) is 0 Å². The first-order valence-electron chi connectivity index (χ1n) is 9.71. The third kappa shape index (κ3) is 5.98. The van der Waals surface area contributed by atoms with E-state index in [4.69, 9.17) is 4.74 Å². The molecule has 2 aliphatic rings. The molecule has 0 spiro atoms. The van der Waals surface area contributed by atoms with Crippen LogP contribution in [0.2, 0.25) is 0 Å². The van der Waals surface area contributed by atoms with Crippen molar-refractivity contribution in [3.8, 4) is 5.75 Å². The predicted octanol–water partition coefficient (Wildman–Crippen LogP) is 3.22. The van der Waals surface area contributed by atoms with Crippen LogP contribution in [0.15, 0.2) is 24.3 Å². The molecular formula is C20H33Cl2N3O2. The lowest BCUT2D eigenvalue weighted by Gasteiger charge is -2.28. The molecule has 0 saturated carbocycles. The first-order valence-corrected chi connectivity index (χ1v) is 9.71. The van der Waals surface area contributed by atoms with Gasteiger partial charge < -0.3 is 19.9 Å². The molecule has 27 heavy (non-hydrogen) atoms. The number of benzene rings is 1. The molecule has 7 heteroatoms. The molecule has 1 aromatic rings. The number of fused-ring (bicyclic) bond motifs is 2. The van der Waals surface area contributed by atoms with Crippen LogP contribution in [0.3, 0.4) is 0 Å². The van der Waals surface area contributed by atoms with Crippen LogP contribution in [-0.4, -0.2) is 67.1 Å². The van der Waals surface area contributed by atoms with Crippen LogP contribution < -0.4 is 10.1 Å². The molecule has 0 aliphatic carbocycles. The molecule has 1 N–H and O–H groups in total. The number of likely N-dealkylation sites (N-methyl/N-ethyl adjacent to an activating group) is 1. The number of carbonyl (C=O) groups excluding carboxylic acids is 1. The fraction of sp³-hybridized carbons (Fsp3) is 0.650. The monoisotopic (exact) mass is 417 g/mol. The molecule has 2 unspecified atom stereocenters. The van der Waals surface area contributed by atoms with Crippen LogP contribution in [0.5, 0.6) is 5.75 Å². The Morgan fingerprint density at radius 2 is 1.78 bits per heavy atom. The second-order valence-corrected chi connectivity index (χ2v) is 6.99. The fourth-order valence-corrected chi connectivity index (χ4v) is 3.99. The van der Waals surface area contributed by atoms with Gasteiger partial charge in [0.25, 0.3) is 5.91 Å². The van der Waals surface area contributed by atoms with E-state index in [1.807, 2.05) is 24.3 Å². The van der Waals surface area contributed by atoms with Crippen molar-refractivity contribution < 1.29 is 9.53 Å². The normalized spacial score (nSPS) is 21.2. The Labute approximate surface area is 175 Å². The van der Waals surface area contributed by atoms with Gasteiger partial charge in [-0.15, -0.1) is 24.8 Å². The number of ether oxygens (including phenoxy) is 1. The highest BCUT2D eigenvalue weighted by molar-refractivity contribution is 5.95. The van der Waals surface area contributed by atoms with E-state index >= 15 is 0 Å². The second kappa shape index (κ2) is 11.7. The van der Waals surface area contributed by atoms with Crippen molar-refractivity contribution in [2.24, 2.45) is 0 Å². The van der Waals surface area contributed by atoms with Gasteiger partial charge in [-0.1, -0.05) is 13.8 Å². The van der Waals surface area contributed by atoms with E-state index in [1.165, 1.54) is 0 Å². The molecule has 2 bridgehead atoms. The van der Waals surface area contributed by atoms with Crippen LogP contribution in [0.4, 0.5) is 0 Å². The maximum absolute atomic E-state index is 13.0. The van der Waals surface area contributed by atoms with Gasteiger partial charge in [0.15, 0.2) is 0 Å². The lowest BCUT2D eigenvalue weighted by Crippen LogP contribution is -2.42. The maximum Gasteiger partial charge on any atom is 0.254 e. The minimum absolute atomic E-state index is 0. The van der Waals surface area contributed by atoms with Gasteiger partial charge in [-0.05, 0) is 63.2 Å². The van der Waals surface area contributed by atoms with Crippen molar-refractivity contribution in [1.82, 2.24) is 15.1 Å². The minimum atomic E-state index is 0. The van der Waals surface area contributed by atoms with E-state index in [2.05, 4.69) is 29.0 Å². The quantitative estimate of drug-likeness (QED) is 0.739. The second-order valence-electron chi connectivity index (χ2n) is 6.99. The summed E-state index contributed by atoms with van der Waals surface area (Å²) in [5.41, 5.74) is 0.773. The summed E-state index contributed by atoms with van der Waals surface area (Å²) in [6.07, 6.45) is 3.33. The van der Waals surface area contributed by atoms with E-state index in [-0.39, 0.29) is 30.7 Å². The molecule has 154 valence electrons. The Morgan fingerprint density at radius 3 is 2.44 bits per heavy atom. The highest BCUT2D eigenvalue weighted by Crippen LogP contribution is 2.29. The number of hydrogen-bond donors (Lipinski definition) is 1. The van der Waals surface area contributed by atoms with Crippen LogP contribution >= 0.6 is 24.8 Å². The third-order valence-corrected chi connectivity index (χ3v) is 5.56. The summed E-state index contributed by atoms with van der Waals surface area (Å²) in [4.78, 5) is 17.4. The topological polar surface area (TPSA) is 44.8 Å². The summed E-state index contributed by atoms with van der Waals surface area (Å²) in [6.45, 7) is 9.96. The van der Waals surface area contributed by atoms with Gasteiger partial charge in [-0.3, -0.25) is 4.79 Å². The Morgan fingerprint density at radius 1 is 1.11 bits per heavy atom. The standard InChI is InChI=1S/C20H31N3O2.2ClH/c1-3-22(4-2)13-14-25-19-9-5-16(6-10-19)20(24)23-17-7-8-18(23)15-21-12-11-17;;/h5-6,9-10,17-18,21H,3-4,7-8,11-15H2,1-2H3;2*1H. The van der Waals surface area contributed by atoms with Gasteiger partial charge in [0, 0.05) is 30.7 Å². The molecular weight excluding hydrogens is 385 g/mol. The Kier molecular flexibility index (Phi) is 10.5. The third-order valence-electron chi connectivity index (χ3n) is 5.56. The fourth-order valence-electron chi connectivity index (χ4n) is 3.99. The van der Waals surface area contributed by atoms with Crippen LogP contribution in [0.25, 0.3) is 0 Å². The van der Waals surface area contributed by atoms with Crippen molar-refractivity contribution in [2.75, 3.05) is 39.3 Å². The first-order chi connectivity index (χ1) is 12.2. The molecule has 2 atom stereocenters. The molecule has 3 rings (SSSR count). The number of carbonyl (C=O) groups is 1. The largest absolute Gasteiger partial charge is 0.492 e. The summed E-state index contributed by atoms with van der Waals surface area (Å²) in [5.74, 6) is 1.01. The average Bonchev–Trinajstić information content (AvgIpc) is 2.91. The van der Waals surface area contributed by atoms with Gasteiger partial charge >= 0.3 is 0 Å². The summed E-state index contributed by atoms with van der Waals surface area (Å²) in [7, 11) is 0. The Hall–Kier alpha value is -1.01. The zero-order valence-corrected chi connectivity index (χ0v) is 18.0. The smallest absolute Gasteiger partial charge is 0.254 e. The molecule has 0 radical (unpaired) electrons. The summed E-state index contributed by atoms with van der Waals surface area (Å²) >= 11 is 0. The van der Waals surface area contributed by atoms with Gasteiger partial charge in [-0.25, -0.2) is 0 Å². The van der Waals surface area contributed by atoms with E-state index in [0.717, 1.165) is 63.3 Å². The average molecular weight is 418 g/mol. The van der Waals surface area contributed by atoms with Crippen LogP contribution in [0.1, 0.15) is 43.5 Å². The van der Waals surface area contributed by atoms with Gasteiger partial charge in [0.2, 0.25) is 0 Å². The first kappa shape index (κ1) is 24.0. The highest BCUT2D eigenvalue weighted by Gasteiger charge is 2.38. The highest BCUT2D eigenvalue weighted by atomic mass is 35.5. The lowest BCUT2D eigenvalue weighted by atomic mass is 10.1. The van der Waals surface area contributed by atoms with Crippen LogP contribution in [0, 0.1) is 0 Å². The maximum atomic E-state index is 13.0. The summed E-state index contributed by atoms with van der Waals surface area (Å²) in [5, 5.41) is 3.45. The zero-order chi connectivity index (χ0) is 17.6. The van der Waals surface area contributed by atoms with E-state index in [0.29, 0.717) is 18.7 Å². The predicted molar refractivity (Wildman–Crippen MR) is 115 cm³/mol. The minimum Gasteiger partial charge on any atom is -0.492 e. The molecule has 2 fully saturated rings. The molecule has 5 nitrogen and oxygen atoms in total. The molecule has 0 aromatic heterocycles. The number of nitrogens with one attached hydrogen (secondary N) is 1. The SMILES string of the molecule is CCN(CC)CCOc1ccc(C(=O)N2C3CCNCC2CC3)cc1.Cl.Cl. The Bertz CT molecular complexity index is 553. The van der Waals surface area contributed by atoms with Crippen molar-refractivity contribution in [1.29, 1.82) is 0 Å².